The first kappa shape index (κ1) is 26.3. The second kappa shape index (κ2) is 10.5. The van der Waals surface area contributed by atoms with Crippen molar-refractivity contribution in [2.24, 2.45) is 0 Å². The molecule has 0 saturated carbocycles. The van der Waals surface area contributed by atoms with Gasteiger partial charge in [-0.3, -0.25) is 9.59 Å². The quantitative estimate of drug-likeness (QED) is 0.330. The third-order valence-corrected chi connectivity index (χ3v) is 6.08. The van der Waals surface area contributed by atoms with E-state index in [-0.39, 0.29) is 36.0 Å². The number of likely N-dealkylation sites (tertiary alicyclic amines) is 1. The van der Waals surface area contributed by atoms with Gasteiger partial charge in [-0.1, -0.05) is 45.0 Å². The summed E-state index contributed by atoms with van der Waals surface area (Å²) in [5.41, 5.74) is 1.70. The minimum Gasteiger partial charge on any atom is -0.507 e. The number of aliphatic hydroxyl groups excluding tert-OH is 1. The summed E-state index contributed by atoms with van der Waals surface area (Å²) < 4.78 is 16.7. The van der Waals surface area contributed by atoms with E-state index in [4.69, 9.17) is 14.2 Å². The number of nitrogens with zero attached hydrogens (tertiary/aromatic N) is 1. The van der Waals surface area contributed by atoms with E-state index in [0.29, 0.717) is 22.6 Å². The summed E-state index contributed by atoms with van der Waals surface area (Å²) in [5, 5.41) is 11.6. The van der Waals surface area contributed by atoms with Crippen molar-refractivity contribution >= 4 is 17.4 Å². The third-order valence-electron chi connectivity index (χ3n) is 6.08. The van der Waals surface area contributed by atoms with Crippen LogP contribution in [0.4, 0.5) is 0 Å². The number of ketones is 1. The lowest BCUT2D eigenvalue weighted by Gasteiger charge is -2.27. The lowest BCUT2D eigenvalue weighted by molar-refractivity contribution is -0.140. The maximum Gasteiger partial charge on any atom is 0.295 e. The van der Waals surface area contributed by atoms with E-state index in [0.717, 1.165) is 5.56 Å². The number of hydrogen-bond donors (Lipinski definition) is 1. The maximum atomic E-state index is 13.4. The summed E-state index contributed by atoms with van der Waals surface area (Å²) >= 11 is 0. The predicted octanol–water partition coefficient (Wildman–Crippen LogP) is 4.85. The molecular weight excluding hydrogens is 446 g/mol. The molecule has 0 radical (unpaired) electrons. The molecule has 0 spiro atoms. The van der Waals surface area contributed by atoms with Crippen molar-refractivity contribution in [2.45, 2.75) is 52.2 Å². The predicted molar refractivity (Wildman–Crippen MR) is 135 cm³/mol. The van der Waals surface area contributed by atoms with E-state index in [1.54, 1.807) is 18.2 Å². The molecule has 0 aromatic heterocycles. The average Bonchev–Trinajstić information content (AvgIpc) is 3.07. The number of Topliss-reactive ketones (excluding diaryl/α,β-unsaturated/α-hetero) is 1. The monoisotopic (exact) mass is 481 g/mol. The Morgan fingerprint density at radius 1 is 1.03 bits per heavy atom. The van der Waals surface area contributed by atoms with E-state index in [1.165, 1.54) is 19.1 Å². The van der Waals surface area contributed by atoms with Gasteiger partial charge in [-0.15, -0.1) is 0 Å². The SMILES string of the molecule is COc1ccc(C(C)(C)C)cc1/C(O)=C1\C(=O)C(=O)N(CCOC(C)C)C1c1ccccc1OC. The Morgan fingerprint density at radius 2 is 1.69 bits per heavy atom. The van der Waals surface area contributed by atoms with Gasteiger partial charge in [0.15, 0.2) is 0 Å². The summed E-state index contributed by atoms with van der Waals surface area (Å²) in [4.78, 5) is 28.0. The van der Waals surface area contributed by atoms with Crippen molar-refractivity contribution in [1.82, 2.24) is 4.90 Å². The molecule has 7 heteroatoms. The Bertz CT molecular complexity index is 1130. The van der Waals surface area contributed by atoms with Crippen LogP contribution in [0.15, 0.2) is 48.0 Å². The molecule has 3 rings (SSSR count). The third kappa shape index (κ3) is 5.35. The number of para-hydroxylation sites is 1. The molecule has 7 nitrogen and oxygen atoms in total. The number of methoxy groups -OCH3 is 2. The van der Waals surface area contributed by atoms with E-state index in [9.17, 15) is 14.7 Å². The molecule has 1 fully saturated rings. The van der Waals surface area contributed by atoms with Crippen LogP contribution in [0.2, 0.25) is 0 Å². The first-order chi connectivity index (χ1) is 16.5. The van der Waals surface area contributed by atoms with E-state index in [1.807, 2.05) is 38.1 Å². The molecule has 1 aliphatic rings. The number of hydrogen-bond acceptors (Lipinski definition) is 6. The molecule has 2 aromatic carbocycles. The fourth-order valence-corrected chi connectivity index (χ4v) is 4.22. The number of carbonyl (C=O) groups is 2. The normalized spacial score (nSPS) is 17.8. The molecule has 1 atom stereocenters. The minimum atomic E-state index is -0.843. The van der Waals surface area contributed by atoms with Crippen molar-refractivity contribution in [2.75, 3.05) is 27.4 Å². The number of amides is 1. The van der Waals surface area contributed by atoms with Gasteiger partial charge in [0.05, 0.1) is 44.1 Å². The first-order valence-electron chi connectivity index (χ1n) is 11.7. The second-order valence-electron chi connectivity index (χ2n) is 9.82. The number of benzene rings is 2. The van der Waals surface area contributed by atoms with Crippen molar-refractivity contribution < 1.29 is 28.9 Å². The van der Waals surface area contributed by atoms with Gasteiger partial charge in [0, 0.05) is 12.1 Å². The van der Waals surface area contributed by atoms with E-state index in [2.05, 4.69) is 20.8 Å². The largest absolute Gasteiger partial charge is 0.507 e. The highest BCUT2D eigenvalue weighted by Crippen LogP contribution is 2.44. The zero-order valence-electron chi connectivity index (χ0n) is 21.5. The molecular formula is C28H35NO6. The van der Waals surface area contributed by atoms with Crippen molar-refractivity contribution in [3.8, 4) is 11.5 Å². The highest BCUT2D eigenvalue weighted by atomic mass is 16.5. The van der Waals surface area contributed by atoms with Gasteiger partial charge in [0.25, 0.3) is 11.7 Å². The van der Waals surface area contributed by atoms with Crippen LogP contribution in [0.1, 0.15) is 57.4 Å². The van der Waals surface area contributed by atoms with Crippen LogP contribution in [0, 0.1) is 0 Å². The Labute approximate surface area is 207 Å². The molecule has 1 N–H and O–H groups in total. The van der Waals surface area contributed by atoms with Gasteiger partial charge in [-0.25, -0.2) is 0 Å². The van der Waals surface area contributed by atoms with Crippen LogP contribution in [-0.4, -0.2) is 55.2 Å². The molecule has 2 aromatic rings. The van der Waals surface area contributed by atoms with Crippen LogP contribution in [0.5, 0.6) is 11.5 Å². The number of carbonyl (C=O) groups excluding carboxylic acids is 2. The molecule has 35 heavy (non-hydrogen) atoms. The van der Waals surface area contributed by atoms with Gasteiger partial charge in [-0.2, -0.15) is 0 Å². The van der Waals surface area contributed by atoms with Crippen molar-refractivity contribution in [3.63, 3.8) is 0 Å². The molecule has 1 unspecified atom stereocenters. The van der Waals surface area contributed by atoms with Crippen LogP contribution < -0.4 is 9.47 Å². The zero-order chi connectivity index (χ0) is 25.9. The minimum absolute atomic E-state index is 0.00611. The lowest BCUT2D eigenvalue weighted by Crippen LogP contribution is -2.33. The molecule has 1 amide bonds. The van der Waals surface area contributed by atoms with Gasteiger partial charge in [-0.05, 0) is 43.0 Å². The van der Waals surface area contributed by atoms with Crippen molar-refractivity contribution in [1.29, 1.82) is 0 Å². The fraction of sp³-hybridized carbons (Fsp3) is 0.429. The van der Waals surface area contributed by atoms with Crippen LogP contribution in [0.25, 0.3) is 5.76 Å². The molecule has 188 valence electrons. The van der Waals surface area contributed by atoms with Crippen molar-refractivity contribution in [3.05, 3.63) is 64.7 Å². The standard InChI is InChI=1S/C28H35NO6/c1-17(2)35-15-14-29-24(19-10-8-9-11-21(19)33-6)23(26(31)27(29)32)25(30)20-16-18(28(3,4)5)12-13-22(20)34-7/h8-13,16-17,24,30H,14-15H2,1-7H3/b25-23+. The maximum absolute atomic E-state index is 13.4. The van der Waals surface area contributed by atoms with Gasteiger partial charge < -0.3 is 24.2 Å². The highest BCUT2D eigenvalue weighted by Gasteiger charge is 2.47. The number of aliphatic hydroxyl groups is 1. The average molecular weight is 482 g/mol. The van der Waals surface area contributed by atoms with Gasteiger partial charge in [0.2, 0.25) is 0 Å². The zero-order valence-corrected chi connectivity index (χ0v) is 21.5. The van der Waals surface area contributed by atoms with E-state index >= 15 is 0 Å². The smallest absolute Gasteiger partial charge is 0.295 e. The van der Waals surface area contributed by atoms with E-state index < -0.39 is 17.7 Å². The summed E-state index contributed by atoms with van der Waals surface area (Å²) in [6, 6.07) is 11.8. The Hall–Kier alpha value is -3.32. The topological polar surface area (TPSA) is 85.3 Å². The Balaban J connectivity index is 2.24. The summed E-state index contributed by atoms with van der Waals surface area (Å²) in [6.07, 6.45) is -0.0269. The van der Waals surface area contributed by atoms with Crippen LogP contribution >= 0.6 is 0 Å². The number of rotatable bonds is 8. The molecule has 0 bridgehead atoms. The highest BCUT2D eigenvalue weighted by molar-refractivity contribution is 6.46. The van der Waals surface area contributed by atoms with Crippen LogP contribution in [-0.2, 0) is 19.7 Å². The lowest BCUT2D eigenvalue weighted by atomic mass is 9.85. The second-order valence-corrected chi connectivity index (χ2v) is 9.82. The Kier molecular flexibility index (Phi) is 7.90. The van der Waals surface area contributed by atoms with Gasteiger partial charge in [0.1, 0.15) is 17.3 Å². The summed E-state index contributed by atoms with van der Waals surface area (Å²) in [6.45, 7) is 10.4. The molecule has 1 aliphatic heterocycles. The Morgan fingerprint density at radius 3 is 2.29 bits per heavy atom. The van der Waals surface area contributed by atoms with Crippen LogP contribution in [0.3, 0.4) is 0 Å². The summed E-state index contributed by atoms with van der Waals surface area (Å²) in [7, 11) is 3.03. The molecule has 0 aliphatic carbocycles. The molecule has 1 heterocycles. The fourth-order valence-electron chi connectivity index (χ4n) is 4.22. The van der Waals surface area contributed by atoms with Gasteiger partial charge >= 0.3 is 0 Å². The first-order valence-corrected chi connectivity index (χ1v) is 11.7. The molecule has 1 saturated heterocycles. The summed E-state index contributed by atoms with van der Waals surface area (Å²) in [5.74, 6) is -0.819. The number of ether oxygens (including phenoxy) is 3.